The van der Waals surface area contributed by atoms with Gasteiger partial charge in [0.05, 0.1) is 10.9 Å². The minimum absolute atomic E-state index is 0.232. The molecular weight excluding hydrogens is 386 g/mol. The monoisotopic (exact) mass is 409 g/mol. The van der Waals surface area contributed by atoms with Crippen molar-refractivity contribution in [3.63, 3.8) is 0 Å². The van der Waals surface area contributed by atoms with Gasteiger partial charge in [0.1, 0.15) is 5.75 Å². The van der Waals surface area contributed by atoms with Gasteiger partial charge in [-0.1, -0.05) is 30.7 Å². The second-order valence-electron chi connectivity index (χ2n) is 6.48. The van der Waals surface area contributed by atoms with E-state index in [4.69, 9.17) is 16.3 Å². The Morgan fingerprint density at radius 3 is 2.33 bits per heavy atom. The van der Waals surface area contributed by atoms with Crippen LogP contribution in [-0.4, -0.2) is 26.7 Å². The van der Waals surface area contributed by atoms with Gasteiger partial charge >= 0.3 is 0 Å². The average Bonchev–Trinajstić information content (AvgIpc) is 2.62. The molecule has 0 unspecified atom stereocenters. The van der Waals surface area contributed by atoms with Crippen LogP contribution in [-0.2, 0) is 14.6 Å². The van der Waals surface area contributed by atoms with E-state index < -0.39 is 15.9 Å². The van der Waals surface area contributed by atoms with Crippen LogP contribution >= 0.6 is 11.6 Å². The van der Waals surface area contributed by atoms with Crippen LogP contribution in [0.2, 0.25) is 5.02 Å². The molecule has 0 radical (unpaired) electrons. The van der Waals surface area contributed by atoms with Crippen LogP contribution in [0.3, 0.4) is 0 Å². The zero-order valence-electron chi connectivity index (χ0n) is 15.8. The quantitative estimate of drug-likeness (QED) is 0.747. The SMILES string of the molecule is CC[C@H](NC(=O)[C@@H](C)Oc1ccc(Cl)c(C)c1)c1ccc(S(C)(=O)=O)cc1. The second kappa shape index (κ2) is 8.76. The summed E-state index contributed by atoms with van der Waals surface area (Å²) in [5.41, 5.74) is 1.71. The molecule has 1 amide bonds. The molecule has 2 aromatic carbocycles. The largest absolute Gasteiger partial charge is 0.481 e. The number of amides is 1. The molecule has 0 spiro atoms. The van der Waals surface area contributed by atoms with Crippen LogP contribution in [0.1, 0.15) is 37.4 Å². The molecule has 0 aliphatic rings. The van der Waals surface area contributed by atoms with E-state index in [9.17, 15) is 13.2 Å². The zero-order chi connectivity index (χ0) is 20.2. The molecule has 2 rings (SSSR count). The summed E-state index contributed by atoms with van der Waals surface area (Å²) in [6.07, 6.45) is 1.14. The Kier molecular flexibility index (Phi) is 6.89. The molecule has 1 N–H and O–H groups in total. The smallest absolute Gasteiger partial charge is 0.261 e. The summed E-state index contributed by atoms with van der Waals surface area (Å²) in [6, 6.07) is 11.6. The van der Waals surface area contributed by atoms with Crippen LogP contribution in [0.15, 0.2) is 47.4 Å². The molecule has 2 atom stereocenters. The molecule has 0 aliphatic carbocycles. The minimum Gasteiger partial charge on any atom is -0.481 e. The summed E-state index contributed by atoms with van der Waals surface area (Å²) < 4.78 is 28.9. The fourth-order valence-corrected chi connectivity index (χ4v) is 3.35. The molecule has 0 aromatic heterocycles. The van der Waals surface area contributed by atoms with Gasteiger partial charge in [-0.2, -0.15) is 0 Å². The summed E-state index contributed by atoms with van der Waals surface area (Å²) in [4.78, 5) is 12.8. The lowest BCUT2D eigenvalue weighted by Crippen LogP contribution is -2.38. The highest BCUT2D eigenvalue weighted by molar-refractivity contribution is 7.90. The number of nitrogens with one attached hydrogen (secondary N) is 1. The molecular formula is C20H24ClNO4S. The number of ether oxygens (including phenoxy) is 1. The molecule has 7 heteroatoms. The van der Waals surface area contributed by atoms with Gasteiger partial charge in [-0.15, -0.1) is 0 Å². The number of halogens is 1. The van der Waals surface area contributed by atoms with Crippen molar-refractivity contribution < 1.29 is 17.9 Å². The highest BCUT2D eigenvalue weighted by Crippen LogP contribution is 2.23. The molecule has 0 heterocycles. The third-order valence-corrected chi connectivity index (χ3v) is 5.80. The number of hydrogen-bond donors (Lipinski definition) is 1. The lowest BCUT2D eigenvalue weighted by Gasteiger charge is -2.21. The number of carbonyl (C=O) groups is 1. The maximum atomic E-state index is 12.5. The van der Waals surface area contributed by atoms with E-state index in [0.717, 1.165) is 11.1 Å². The molecule has 0 saturated heterocycles. The van der Waals surface area contributed by atoms with E-state index in [1.807, 2.05) is 13.8 Å². The number of sulfone groups is 1. The Labute approximate surface area is 165 Å². The molecule has 146 valence electrons. The van der Waals surface area contributed by atoms with E-state index in [1.165, 1.54) is 6.26 Å². The summed E-state index contributed by atoms with van der Waals surface area (Å²) in [7, 11) is -3.25. The Bertz CT molecular complexity index is 910. The zero-order valence-corrected chi connectivity index (χ0v) is 17.4. The number of aryl methyl sites for hydroxylation is 1. The fraction of sp³-hybridized carbons (Fsp3) is 0.350. The summed E-state index contributed by atoms with van der Waals surface area (Å²) in [6.45, 7) is 5.50. The van der Waals surface area contributed by atoms with Gasteiger partial charge < -0.3 is 10.1 Å². The van der Waals surface area contributed by atoms with Crippen molar-refractivity contribution in [3.8, 4) is 5.75 Å². The van der Waals surface area contributed by atoms with E-state index in [-0.39, 0.29) is 16.8 Å². The highest BCUT2D eigenvalue weighted by Gasteiger charge is 2.20. The maximum Gasteiger partial charge on any atom is 0.261 e. The van der Waals surface area contributed by atoms with Gasteiger partial charge in [0.15, 0.2) is 15.9 Å². The van der Waals surface area contributed by atoms with Crippen molar-refractivity contribution >= 4 is 27.3 Å². The van der Waals surface area contributed by atoms with E-state index in [1.54, 1.807) is 49.4 Å². The Balaban J connectivity index is 2.06. The predicted octanol–water partition coefficient (Wildman–Crippen LogP) is 4.09. The molecule has 27 heavy (non-hydrogen) atoms. The summed E-state index contributed by atoms with van der Waals surface area (Å²) >= 11 is 6.00. The van der Waals surface area contributed by atoms with Gasteiger partial charge in [0.25, 0.3) is 5.91 Å². The Morgan fingerprint density at radius 1 is 1.19 bits per heavy atom. The lowest BCUT2D eigenvalue weighted by atomic mass is 10.0. The first kappa shape index (κ1) is 21.3. The average molecular weight is 410 g/mol. The normalized spacial score (nSPS) is 13.7. The lowest BCUT2D eigenvalue weighted by molar-refractivity contribution is -0.128. The molecule has 0 bridgehead atoms. The second-order valence-corrected chi connectivity index (χ2v) is 8.90. The van der Waals surface area contributed by atoms with Crippen molar-refractivity contribution in [2.75, 3.05) is 6.26 Å². The van der Waals surface area contributed by atoms with Gasteiger partial charge in [-0.25, -0.2) is 8.42 Å². The van der Waals surface area contributed by atoms with Crippen LogP contribution in [0.4, 0.5) is 0 Å². The third kappa shape index (κ3) is 5.71. The Hall–Kier alpha value is -2.05. The standard InChI is InChI=1S/C20H24ClNO4S/c1-5-19(15-6-9-17(10-7-15)27(4,24)25)22-20(23)14(3)26-16-8-11-18(21)13(2)12-16/h6-12,14,19H,5H2,1-4H3,(H,22,23)/t14-,19+/m1/s1. The first-order valence-electron chi connectivity index (χ1n) is 8.65. The fourth-order valence-electron chi connectivity index (χ4n) is 2.61. The maximum absolute atomic E-state index is 12.5. The Morgan fingerprint density at radius 2 is 1.81 bits per heavy atom. The van der Waals surface area contributed by atoms with Crippen molar-refractivity contribution in [2.45, 2.75) is 44.2 Å². The topological polar surface area (TPSA) is 72.5 Å². The number of hydrogen-bond acceptors (Lipinski definition) is 4. The highest BCUT2D eigenvalue weighted by atomic mass is 35.5. The first-order chi connectivity index (χ1) is 12.6. The minimum atomic E-state index is -3.25. The molecule has 0 fully saturated rings. The summed E-state index contributed by atoms with van der Waals surface area (Å²) in [5, 5.41) is 3.59. The molecule has 0 aliphatic heterocycles. The van der Waals surface area contributed by atoms with Gasteiger partial charge in [-0.05, 0) is 61.7 Å². The summed E-state index contributed by atoms with van der Waals surface area (Å²) in [5.74, 6) is 0.326. The first-order valence-corrected chi connectivity index (χ1v) is 10.9. The van der Waals surface area contributed by atoms with Crippen molar-refractivity contribution in [3.05, 3.63) is 58.6 Å². The predicted molar refractivity (Wildman–Crippen MR) is 107 cm³/mol. The number of carbonyl (C=O) groups excluding carboxylic acids is 1. The van der Waals surface area contributed by atoms with Crippen LogP contribution in [0.5, 0.6) is 5.75 Å². The van der Waals surface area contributed by atoms with Crippen LogP contribution < -0.4 is 10.1 Å². The van der Waals surface area contributed by atoms with Gasteiger partial charge in [-0.3, -0.25) is 4.79 Å². The van der Waals surface area contributed by atoms with Crippen LogP contribution in [0, 0.1) is 6.92 Å². The van der Waals surface area contributed by atoms with E-state index in [0.29, 0.717) is 17.2 Å². The van der Waals surface area contributed by atoms with Crippen molar-refractivity contribution in [1.29, 1.82) is 0 Å². The number of benzene rings is 2. The van der Waals surface area contributed by atoms with Crippen LogP contribution in [0.25, 0.3) is 0 Å². The van der Waals surface area contributed by atoms with Gasteiger partial charge in [0, 0.05) is 11.3 Å². The van der Waals surface area contributed by atoms with E-state index in [2.05, 4.69) is 5.32 Å². The number of rotatable bonds is 7. The molecule has 2 aromatic rings. The third-order valence-electron chi connectivity index (χ3n) is 4.25. The molecule has 5 nitrogen and oxygen atoms in total. The van der Waals surface area contributed by atoms with Crippen molar-refractivity contribution in [1.82, 2.24) is 5.32 Å². The van der Waals surface area contributed by atoms with E-state index >= 15 is 0 Å². The van der Waals surface area contributed by atoms with Crippen molar-refractivity contribution in [2.24, 2.45) is 0 Å². The van der Waals surface area contributed by atoms with Gasteiger partial charge in [0.2, 0.25) is 0 Å². The molecule has 0 saturated carbocycles.